The minimum Gasteiger partial charge on any atom is -0.352 e. The van der Waals surface area contributed by atoms with E-state index in [-0.39, 0.29) is 5.91 Å². The number of hydrogen-bond acceptors (Lipinski definition) is 5. The Morgan fingerprint density at radius 1 is 0.917 bits per heavy atom. The van der Waals surface area contributed by atoms with E-state index in [1.807, 2.05) is 30.3 Å². The molecule has 2 heterocycles. The van der Waals surface area contributed by atoms with Crippen molar-refractivity contribution >= 4 is 17.5 Å². The molecule has 0 spiro atoms. The van der Waals surface area contributed by atoms with E-state index in [1.165, 1.54) is 0 Å². The molecular formula is C18H17N5O. The first-order valence-corrected chi connectivity index (χ1v) is 7.63. The molecule has 0 unspecified atom stereocenters. The molecule has 1 amide bonds. The van der Waals surface area contributed by atoms with Crippen LogP contribution < -0.4 is 10.6 Å². The van der Waals surface area contributed by atoms with Gasteiger partial charge in [0, 0.05) is 48.5 Å². The predicted molar refractivity (Wildman–Crippen MR) is 92.0 cm³/mol. The Hall–Kier alpha value is -3.28. The van der Waals surface area contributed by atoms with Crippen LogP contribution in [0.4, 0.5) is 11.6 Å². The van der Waals surface area contributed by atoms with Gasteiger partial charge in [-0.3, -0.25) is 9.78 Å². The fourth-order valence-electron chi connectivity index (χ4n) is 2.18. The van der Waals surface area contributed by atoms with Gasteiger partial charge in [-0.25, -0.2) is 9.97 Å². The molecule has 2 aromatic heterocycles. The highest BCUT2D eigenvalue weighted by molar-refractivity contribution is 5.95. The van der Waals surface area contributed by atoms with Crippen molar-refractivity contribution in [2.75, 3.05) is 11.9 Å². The van der Waals surface area contributed by atoms with E-state index < -0.39 is 0 Å². The number of carbonyl (C=O) groups is 1. The Bertz CT molecular complexity index is 793. The third kappa shape index (κ3) is 4.36. The smallest absolute Gasteiger partial charge is 0.251 e. The maximum Gasteiger partial charge on any atom is 0.251 e. The molecule has 0 aliphatic carbocycles. The van der Waals surface area contributed by atoms with Gasteiger partial charge in [0.15, 0.2) is 0 Å². The van der Waals surface area contributed by atoms with Crippen LogP contribution in [0.2, 0.25) is 0 Å². The van der Waals surface area contributed by atoms with Crippen molar-refractivity contribution in [2.45, 2.75) is 6.42 Å². The highest BCUT2D eigenvalue weighted by Gasteiger charge is 2.06. The zero-order chi connectivity index (χ0) is 16.6. The zero-order valence-corrected chi connectivity index (χ0v) is 13.0. The van der Waals surface area contributed by atoms with E-state index in [0.29, 0.717) is 24.5 Å². The largest absolute Gasteiger partial charge is 0.352 e. The molecule has 6 heteroatoms. The molecule has 2 N–H and O–H groups in total. The fourth-order valence-corrected chi connectivity index (χ4v) is 2.18. The molecule has 0 fully saturated rings. The lowest BCUT2D eigenvalue weighted by atomic mass is 10.2. The van der Waals surface area contributed by atoms with Crippen LogP contribution in [-0.4, -0.2) is 27.4 Å². The molecular weight excluding hydrogens is 302 g/mol. The third-order valence-electron chi connectivity index (χ3n) is 3.34. The van der Waals surface area contributed by atoms with Crippen LogP contribution in [0.5, 0.6) is 0 Å². The number of benzene rings is 1. The summed E-state index contributed by atoms with van der Waals surface area (Å²) in [5.41, 5.74) is 2.30. The SMILES string of the molecule is O=C(NCCc1ccccn1)c1cccc(Nc2ncccn2)c1. The number of rotatable bonds is 6. The number of nitrogens with one attached hydrogen (secondary N) is 2. The van der Waals surface area contributed by atoms with Crippen LogP contribution in [0.25, 0.3) is 0 Å². The van der Waals surface area contributed by atoms with Gasteiger partial charge in [-0.15, -0.1) is 0 Å². The maximum atomic E-state index is 12.2. The normalized spacial score (nSPS) is 10.2. The van der Waals surface area contributed by atoms with Gasteiger partial charge in [0.25, 0.3) is 5.91 Å². The highest BCUT2D eigenvalue weighted by atomic mass is 16.1. The molecule has 120 valence electrons. The fraction of sp³-hybridized carbons (Fsp3) is 0.111. The first-order valence-electron chi connectivity index (χ1n) is 7.63. The number of carbonyl (C=O) groups excluding carboxylic acids is 1. The molecule has 3 rings (SSSR count). The van der Waals surface area contributed by atoms with Gasteiger partial charge in [0.2, 0.25) is 5.95 Å². The standard InChI is InChI=1S/C18H17N5O/c24-17(20-12-8-15-6-1-2-9-19-15)14-5-3-7-16(13-14)23-18-21-10-4-11-22-18/h1-7,9-11,13H,8,12H2,(H,20,24)(H,21,22,23). The summed E-state index contributed by atoms with van der Waals surface area (Å²) in [6.07, 6.45) is 5.76. The minimum absolute atomic E-state index is 0.122. The van der Waals surface area contributed by atoms with E-state index in [4.69, 9.17) is 0 Å². The molecule has 0 aliphatic rings. The van der Waals surface area contributed by atoms with Crippen molar-refractivity contribution < 1.29 is 4.79 Å². The van der Waals surface area contributed by atoms with Crippen molar-refractivity contribution in [1.29, 1.82) is 0 Å². The summed E-state index contributed by atoms with van der Waals surface area (Å²) in [6, 6.07) is 14.7. The second-order valence-electron chi connectivity index (χ2n) is 5.11. The second-order valence-corrected chi connectivity index (χ2v) is 5.11. The van der Waals surface area contributed by atoms with Crippen molar-refractivity contribution in [2.24, 2.45) is 0 Å². The average molecular weight is 319 g/mol. The summed E-state index contributed by atoms with van der Waals surface area (Å²) in [6.45, 7) is 0.537. The van der Waals surface area contributed by atoms with E-state index in [2.05, 4.69) is 25.6 Å². The van der Waals surface area contributed by atoms with Gasteiger partial charge >= 0.3 is 0 Å². The van der Waals surface area contributed by atoms with Gasteiger partial charge in [0.1, 0.15) is 0 Å². The first-order chi connectivity index (χ1) is 11.8. The van der Waals surface area contributed by atoms with Gasteiger partial charge in [-0.05, 0) is 36.4 Å². The summed E-state index contributed by atoms with van der Waals surface area (Å²) >= 11 is 0. The van der Waals surface area contributed by atoms with Crippen LogP contribution in [0.1, 0.15) is 16.1 Å². The van der Waals surface area contributed by atoms with Gasteiger partial charge in [-0.1, -0.05) is 12.1 Å². The quantitative estimate of drug-likeness (QED) is 0.730. The van der Waals surface area contributed by atoms with E-state index in [1.54, 1.807) is 36.8 Å². The minimum atomic E-state index is -0.122. The summed E-state index contributed by atoms with van der Waals surface area (Å²) < 4.78 is 0. The predicted octanol–water partition coefficient (Wildman–Crippen LogP) is 2.59. The van der Waals surface area contributed by atoms with Crippen molar-refractivity contribution in [1.82, 2.24) is 20.3 Å². The second kappa shape index (κ2) is 7.82. The zero-order valence-electron chi connectivity index (χ0n) is 13.0. The average Bonchev–Trinajstić information content (AvgIpc) is 2.64. The van der Waals surface area contributed by atoms with Crippen molar-refractivity contribution in [3.8, 4) is 0 Å². The molecule has 0 atom stereocenters. The van der Waals surface area contributed by atoms with Gasteiger partial charge < -0.3 is 10.6 Å². The van der Waals surface area contributed by atoms with E-state index in [0.717, 1.165) is 11.4 Å². The van der Waals surface area contributed by atoms with Crippen molar-refractivity contribution in [3.63, 3.8) is 0 Å². The van der Waals surface area contributed by atoms with Crippen LogP contribution >= 0.6 is 0 Å². The summed E-state index contributed by atoms with van der Waals surface area (Å²) in [4.78, 5) is 24.7. The van der Waals surface area contributed by atoms with Crippen molar-refractivity contribution in [3.05, 3.63) is 78.4 Å². The van der Waals surface area contributed by atoms with Crippen LogP contribution in [0.3, 0.4) is 0 Å². The number of nitrogens with zero attached hydrogens (tertiary/aromatic N) is 3. The number of aromatic nitrogens is 3. The molecule has 0 saturated heterocycles. The lowest BCUT2D eigenvalue weighted by Gasteiger charge is -2.08. The highest BCUT2D eigenvalue weighted by Crippen LogP contribution is 2.14. The molecule has 24 heavy (non-hydrogen) atoms. The van der Waals surface area contributed by atoms with Gasteiger partial charge in [0.05, 0.1) is 0 Å². The number of amides is 1. The van der Waals surface area contributed by atoms with E-state index in [9.17, 15) is 4.79 Å². The summed E-state index contributed by atoms with van der Waals surface area (Å²) in [5, 5.41) is 5.97. The van der Waals surface area contributed by atoms with Crippen LogP contribution in [0.15, 0.2) is 67.1 Å². The number of pyridine rings is 1. The molecule has 0 saturated carbocycles. The topological polar surface area (TPSA) is 79.8 Å². The molecule has 6 nitrogen and oxygen atoms in total. The Balaban J connectivity index is 1.58. The van der Waals surface area contributed by atoms with Crippen LogP contribution in [0, 0.1) is 0 Å². The van der Waals surface area contributed by atoms with Crippen LogP contribution in [-0.2, 0) is 6.42 Å². The number of hydrogen-bond donors (Lipinski definition) is 2. The molecule has 0 aliphatic heterocycles. The summed E-state index contributed by atoms with van der Waals surface area (Å²) in [5.74, 6) is 0.369. The summed E-state index contributed by atoms with van der Waals surface area (Å²) in [7, 11) is 0. The Labute approximate surface area is 140 Å². The Morgan fingerprint density at radius 3 is 2.54 bits per heavy atom. The molecule has 0 radical (unpaired) electrons. The monoisotopic (exact) mass is 319 g/mol. The maximum absolute atomic E-state index is 12.2. The number of anilines is 2. The molecule has 1 aromatic carbocycles. The molecule has 3 aromatic rings. The third-order valence-corrected chi connectivity index (χ3v) is 3.34. The Morgan fingerprint density at radius 2 is 1.75 bits per heavy atom. The lowest BCUT2D eigenvalue weighted by Crippen LogP contribution is -2.25. The first kappa shape index (κ1) is 15.6. The van der Waals surface area contributed by atoms with E-state index >= 15 is 0 Å². The molecule has 0 bridgehead atoms. The Kier molecular flexibility index (Phi) is 5.09. The lowest BCUT2D eigenvalue weighted by molar-refractivity contribution is 0.0954. The van der Waals surface area contributed by atoms with Gasteiger partial charge in [-0.2, -0.15) is 0 Å².